The van der Waals surface area contributed by atoms with E-state index in [1.165, 1.54) is 25.9 Å². The van der Waals surface area contributed by atoms with Gasteiger partial charge in [0.15, 0.2) is 0 Å². The first kappa shape index (κ1) is 12.4. The summed E-state index contributed by atoms with van der Waals surface area (Å²) in [4.78, 5) is 15.9. The van der Waals surface area contributed by atoms with E-state index in [0.717, 1.165) is 19.5 Å². The Hall–Kier alpha value is -1.05. The number of ether oxygens (including phenoxy) is 1. The van der Waals surface area contributed by atoms with E-state index in [0.29, 0.717) is 6.54 Å². The van der Waals surface area contributed by atoms with Gasteiger partial charge in [-0.15, -0.1) is 0 Å². The molecule has 0 aliphatic carbocycles. The van der Waals surface area contributed by atoms with E-state index in [-0.39, 0.29) is 12.0 Å². The van der Waals surface area contributed by atoms with E-state index in [9.17, 15) is 4.79 Å². The summed E-state index contributed by atoms with van der Waals surface area (Å²) in [7, 11) is 1.59. The van der Waals surface area contributed by atoms with Crippen LogP contribution in [0.4, 0.5) is 0 Å². The molecule has 0 N–H and O–H groups in total. The minimum Gasteiger partial charge on any atom is -0.372 e. The Labute approximate surface area is 103 Å². The number of hydrogen-bond donors (Lipinski definition) is 0. The van der Waals surface area contributed by atoms with Gasteiger partial charge in [0.2, 0.25) is 0 Å². The third-order valence-electron chi connectivity index (χ3n) is 3.43. The first-order valence-corrected chi connectivity index (χ1v) is 6.31. The van der Waals surface area contributed by atoms with Gasteiger partial charge in [0, 0.05) is 20.1 Å². The SMILES string of the molecule is CO[C@@H]1CCN(CC#CCN2CCCC2)C1=O. The van der Waals surface area contributed by atoms with Crippen LogP contribution >= 0.6 is 0 Å². The van der Waals surface area contributed by atoms with Gasteiger partial charge >= 0.3 is 0 Å². The number of likely N-dealkylation sites (tertiary alicyclic amines) is 2. The molecule has 1 amide bonds. The minimum absolute atomic E-state index is 0.0861. The third-order valence-corrected chi connectivity index (χ3v) is 3.43. The standard InChI is InChI=1S/C13H20N2O2/c1-17-12-6-11-15(13(12)16)10-5-4-9-14-7-2-3-8-14/h12H,2-3,6-11H2,1H3/t12-/m1/s1. The van der Waals surface area contributed by atoms with Crippen molar-refractivity contribution in [3.8, 4) is 11.8 Å². The van der Waals surface area contributed by atoms with Gasteiger partial charge < -0.3 is 9.64 Å². The lowest BCUT2D eigenvalue weighted by atomic mass is 10.3. The molecule has 0 bridgehead atoms. The Balaban J connectivity index is 1.71. The average molecular weight is 236 g/mol. The van der Waals surface area contributed by atoms with E-state index in [1.54, 1.807) is 12.0 Å². The molecule has 0 radical (unpaired) electrons. The minimum atomic E-state index is -0.240. The lowest BCUT2D eigenvalue weighted by Crippen LogP contribution is -2.30. The number of rotatable bonds is 3. The lowest BCUT2D eigenvalue weighted by Gasteiger charge is -2.12. The number of carbonyl (C=O) groups is 1. The highest BCUT2D eigenvalue weighted by atomic mass is 16.5. The predicted molar refractivity (Wildman–Crippen MR) is 65.4 cm³/mol. The molecule has 0 saturated carbocycles. The van der Waals surface area contributed by atoms with Crippen LogP contribution in [0.15, 0.2) is 0 Å². The molecule has 2 fully saturated rings. The molecule has 2 aliphatic heterocycles. The summed E-state index contributed by atoms with van der Waals surface area (Å²) < 4.78 is 5.09. The van der Waals surface area contributed by atoms with Crippen molar-refractivity contribution in [3.05, 3.63) is 0 Å². The van der Waals surface area contributed by atoms with Crippen molar-refractivity contribution in [1.82, 2.24) is 9.80 Å². The Bertz CT molecular complexity index is 326. The molecule has 2 rings (SSSR count). The molecule has 1 atom stereocenters. The molecule has 0 aromatic carbocycles. The van der Waals surface area contributed by atoms with Gasteiger partial charge in [0.1, 0.15) is 6.10 Å². The quantitative estimate of drug-likeness (QED) is 0.662. The summed E-state index contributed by atoms with van der Waals surface area (Å²) in [5.74, 6) is 6.32. The van der Waals surface area contributed by atoms with Crippen molar-refractivity contribution >= 4 is 5.91 Å². The van der Waals surface area contributed by atoms with E-state index < -0.39 is 0 Å². The average Bonchev–Trinajstić information content (AvgIpc) is 2.95. The smallest absolute Gasteiger partial charge is 0.252 e. The predicted octanol–water partition coefficient (Wildman–Crippen LogP) is 0.333. The van der Waals surface area contributed by atoms with Gasteiger partial charge in [-0.05, 0) is 25.9 Å². The second-order valence-electron chi connectivity index (χ2n) is 4.61. The second-order valence-corrected chi connectivity index (χ2v) is 4.61. The molecule has 2 heterocycles. The highest BCUT2D eigenvalue weighted by Gasteiger charge is 2.30. The fourth-order valence-electron chi connectivity index (χ4n) is 2.35. The molecular weight excluding hydrogens is 216 g/mol. The fourth-order valence-corrected chi connectivity index (χ4v) is 2.35. The Kier molecular flexibility index (Phi) is 4.41. The number of methoxy groups -OCH3 is 1. The molecular formula is C13H20N2O2. The maximum Gasteiger partial charge on any atom is 0.252 e. The summed E-state index contributed by atoms with van der Waals surface area (Å²) in [6, 6.07) is 0. The van der Waals surface area contributed by atoms with Crippen LogP contribution in [0.25, 0.3) is 0 Å². The lowest BCUT2D eigenvalue weighted by molar-refractivity contribution is -0.135. The van der Waals surface area contributed by atoms with Crippen molar-refractivity contribution in [2.24, 2.45) is 0 Å². The van der Waals surface area contributed by atoms with Crippen molar-refractivity contribution in [3.63, 3.8) is 0 Å². The summed E-state index contributed by atoms with van der Waals surface area (Å²) in [5.41, 5.74) is 0. The zero-order valence-corrected chi connectivity index (χ0v) is 10.4. The van der Waals surface area contributed by atoms with Crippen LogP contribution in [0, 0.1) is 11.8 Å². The molecule has 17 heavy (non-hydrogen) atoms. The molecule has 94 valence electrons. The van der Waals surface area contributed by atoms with Crippen LogP contribution in [-0.2, 0) is 9.53 Å². The monoisotopic (exact) mass is 236 g/mol. The van der Waals surface area contributed by atoms with E-state index in [4.69, 9.17) is 4.74 Å². The van der Waals surface area contributed by atoms with Crippen LogP contribution in [-0.4, -0.2) is 61.6 Å². The van der Waals surface area contributed by atoms with Gasteiger partial charge in [-0.1, -0.05) is 11.8 Å². The largest absolute Gasteiger partial charge is 0.372 e. The molecule has 0 aromatic rings. The highest BCUT2D eigenvalue weighted by Crippen LogP contribution is 2.12. The summed E-state index contributed by atoms with van der Waals surface area (Å²) in [6.45, 7) is 4.50. The first-order chi connectivity index (χ1) is 8.31. The molecule has 4 nitrogen and oxygen atoms in total. The second kappa shape index (κ2) is 6.04. The summed E-state index contributed by atoms with van der Waals surface area (Å²) in [5, 5.41) is 0. The van der Waals surface area contributed by atoms with Gasteiger partial charge in [-0.3, -0.25) is 9.69 Å². The summed E-state index contributed by atoms with van der Waals surface area (Å²) >= 11 is 0. The highest BCUT2D eigenvalue weighted by molar-refractivity contribution is 5.83. The maximum absolute atomic E-state index is 11.7. The van der Waals surface area contributed by atoms with Crippen LogP contribution in [0.1, 0.15) is 19.3 Å². The normalized spacial score (nSPS) is 25.1. The zero-order chi connectivity index (χ0) is 12.1. The number of nitrogens with zero attached hydrogens (tertiary/aromatic N) is 2. The zero-order valence-electron chi connectivity index (χ0n) is 10.4. The number of carbonyl (C=O) groups excluding carboxylic acids is 1. The van der Waals surface area contributed by atoms with Crippen LogP contribution < -0.4 is 0 Å². The Morgan fingerprint density at radius 3 is 2.59 bits per heavy atom. The first-order valence-electron chi connectivity index (χ1n) is 6.31. The van der Waals surface area contributed by atoms with E-state index >= 15 is 0 Å². The molecule has 0 spiro atoms. The fraction of sp³-hybridized carbons (Fsp3) is 0.769. The van der Waals surface area contributed by atoms with E-state index in [2.05, 4.69) is 16.7 Å². The van der Waals surface area contributed by atoms with Crippen molar-refractivity contribution < 1.29 is 9.53 Å². The molecule has 2 saturated heterocycles. The summed E-state index contributed by atoms with van der Waals surface area (Å²) in [6.07, 6.45) is 3.14. The van der Waals surface area contributed by atoms with Crippen LogP contribution in [0.5, 0.6) is 0 Å². The molecule has 4 heteroatoms. The van der Waals surface area contributed by atoms with Crippen molar-refractivity contribution in [1.29, 1.82) is 0 Å². The van der Waals surface area contributed by atoms with Crippen LogP contribution in [0.2, 0.25) is 0 Å². The third kappa shape index (κ3) is 3.21. The van der Waals surface area contributed by atoms with Gasteiger partial charge in [-0.2, -0.15) is 0 Å². The maximum atomic E-state index is 11.7. The topological polar surface area (TPSA) is 32.8 Å². The van der Waals surface area contributed by atoms with Gasteiger partial charge in [0.05, 0.1) is 13.1 Å². The van der Waals surface area contributed by atoms with E-state index in [1.807, 2.05) is 0 Å². The van der Waals surface area contributed by atoms with Crippen molar-refractivity contribution in [2.45, 2.75) is 25.4 Å². The number of amides is 1. The van der Waals surface area contributed by atoms with Gasteiger partial charge in [-0.25, -0.2) is 0 Å². The molecule has 0 unspecified atom stereocenters. The number of hydrogen-bond acceptors (Lipinski definition) is 3. The van der Waals surface area contributed by atoms with Crippen LogP contribution in [0.3, 0.4) is 0 Å². The molecule has 2 aliphatic rings. The molecule has 0 aromatic heterocycles. The van der Waals surface area contributed by atoms with Gasteiger partial charge in [0.25, 0.3) is 5.91 Å². The Morgan fingerprint density at radius 2 is 1.94 bits per heavy atom. The Morgan fingerprint density at radius 1 is 1.24 bits per heavy atom. The van der Waals surface area contributed by atoms with Crippen molar-refractivity contribution in [2.75, 3.05) is 39.8 Å².